The number of hydrogen-bond acceptors (Lipinski definition) is 7. The Bertz CT molecular complexity index is 1080. The van der Waals surface area contributed by atoms with Gasteiger partial charge >= 0.3 is 6.09 Å². The number of hydrogen-bond donors (Lipinski definition) is 0. The van der Waals surface area contributed by atoms with E-state index in [1.54, 1.807) is 27.9 Å². The predicted molar refractivity (Wildman–Crippen MR) is 131 cm³/mol. The Morgan fingerprint density at radius 2 is 2.16 bits per heavy atom. The van der Waals surface area contributed by atoms with Crippen LogP contribution in [0.5, 0.6) is 0 Å². The smallest absolute Gasteiger partial charge is 0.378 e. The largest absolute Gasteiger partial charge is 0.419 e. The molecule has 4 heterocycles. The van der Waals surface area contributed by atoms with Crippen LogP contribution in [0, 0.1) is 5.82 Å². The summed E-state index contributed by atoms with van der Waals surface area (Å²) in [6, 6.07) is -0.369. The summed E-state index contributed by atoms with van der Waals surface area (Å²) in [6.07, 6.45) is 1.31. The topological polar surface area (TPSA) is 71.5 Å². The third kappa shape index (κ3) is 3.99. The molecule has 2 aromatic rings. The number of fused-ring (bicyclic) bond motifs is 3. The van der Waals surface area contributed by atoms with Gasteiger partial charge in [0, 0.05) is 6.54 Å². The first-order valence-electron chi connectivity index (χ1n) is 9.66. The minimum absolute atomic E-state index is 0.0426. The minimum Gasteiger partial charge on any atom is -0.378 e. The molecule has 2 aromatic heterocycles. The molecule has 7 nitrogen and oxygen atoms in total. The molecule has 31 heavy (non-hydrogen) atoms. The molecular weight excluding hydrogens is 624 g/mol. The zero-order chi connectivity index (χ0) is 22.4. The molecule has 2 aliphatic rings. The lowest BCUT2D eigenvalue weighted by Crippen LogP contribution is -2.61. The zero-order valence-corrected chi connectivity index (χ0v) is 22.1. The van der Waals surface area contributed by atoms with Crippen molar-refractivity contribution in [2.75, 3.05) is 17.2 Å². The number of thioether (sulfide) groups is 1. The molecule has 3 atom stereocenters. The van der Waals surface area contributed by atoms with Crippen LogP contribution in [-0.4, -0.2) is 56.4 Å². The van der Waals surface area contributed by atoms with Gasteiger partial charge in [-0.25, -0.2) is 24.1 Å². The van der Waals surface area contributed by atoms with Gasteiger partial charge in [0.2, 0.25) is 0 Å². The number of anilines is 1. The van der Waals surface area contributed by atoms with Crippen LogP contribution < -0.4 is 4.90 Å². The fourth-order valence-electron chi connectivity index (χ4n) is 4.55. The Morgan fingerprint density at radius 1 is 1.42 bits per heavy atom. The number of aromatic nitrogens is 3. The van der Waals surface area contributed by atoms with Crippen molar-refractivity contribution in [3.8, 4) is 0 Å². The van der Waals surface area contributed by atoms with E-state index in [0.717, 1.165) is 24.2 Å². The van der Waals surface area contributed by atoms with Crippen molar-refractivity contribution in [3.63, 3.8) is 0 Å². The van der Waals surface area contributed by atoms with Gasteiger partial charge in [-0.3, -0.25) is 4.90 Å². The van der Waals surface area contributed by atoms with E-state index >= 15 is 0 Å². The first-order valence-corrected chi connectivity index (χ1v) is 12.7. The van der Waals surface area contributed by atoms with E-state index < -0.39 is 5.82 Å². The van der Waals surface area contributed by atoms with E-state index in [0.29, 0.717) is 27.5 Å². The second-order valence-electron chi connectivity index (χ2n) is 7.49. The van der Waals surface area contributed by atoms with Crippen molar-refractivity contribution in [1.29, 1.82) is 0 Å². The zero-order valence-electron chi connectivity index (χ0n) is 16.7. The maximum atomic E-state index is 15.0. The molecule has 0 radical (unpaired) electrons. The molecule has 2 fully saturated rings. The van der Waals surface area contributed by atoms with Crippen LogP contribution in [0.2, 0.25) is 5.15 Å². The van der Waals surface area contributed by atoms with Gasteiger partial charge in [-0.2, -0.15) is 0 Å². The Balaban J connectivity index is 1.92. The monoisotopic (exact) mass is 641 g/mol. The molecule has 2 bridgehead atoms. The first-order chi connectivity index (χ1) is 14.8. The first kappa shape index (κ1) is 23.2. The average Bonchev–Trinajstić information content (AvgIpc) is 3.03. The van der Waals surface area contributed by atoms with E-state index in [-0.39, 0.29) is 34.9 Å². The molecule has 0 N–H and O–H groups in total. The maximum Gasteiger partial charge on any atom is 0.419 e. The number of halogens is 4. The number of amides is 1. The van der Waals surface area contributed by atoms with Crippen molar-refractivity contribution >= 4 is 85.1 Å². The lowest BCUT2D eigenvalue weighted by atomic mass is 9.96. The van der Waals surface area contributed by atoms with Gasteiger partial charge in [0.25, 0.3) is 0 Å². The molecule has 0 aromatic carbocycles. The van der Waals surface area contributed by atoms with Crippen LogP contribution in [0.15, 0.2) is 21.9 Å². The van der Waals surface area contributed by atoms with E-state index in [4.69, 9.17) is 19.7 Å². The lowest BCUT2D eigenvalue weighted by molar-refractivity contribution is 0.124. The van der Waals surface area contributed by atoms with E-state index in [1.165, 1.54) is 11.8 Å². The Labute approximate surface area is 211 Å². The molecule has 0 unspecified atom stereocenters. The summed E-state index contributed by atoms with van der Waals surface area (Å²) in [6.45, 7) is 8.61. The molecule has 2 saturated heterocycles. The summed E-state index contributed by atoms with van der Waals surface area (Å²) in [4.78, 5) is 29.7. The molecule has 4 rings (SSSR count). The van der Waals surface area contributed by atoms with E-state index in [2.05, 4.69) is 37.4 Å². The fourth-order valence-corrected chi connectivity index (χ4v) is 6.17. The number of pyridine rings is 1. The van der Waals surface area contributed by atoms with Crippen LogP contribution >= 0.6 is 62.3 Å². The third-order valence-electron chi connectivity index (χ3n) is 5.64. The van der Waals surface area contributed by atoms with Gasteiger partial charge < -0.3 is 7.97 Å². The van der Waals surface area contributed by atoms with Crippen LogP contribution in [0.1, 0.15) is 26.7 Å². The highest BCUT2D eigenvalue weighted by Gasteiger charge is 2.50. The second kappa shape index (κ2) is 9.14. The Kier molecular flexibility index (Phi) is 6.86. The van der Waals surface area contributed by atoms with Crippen LogP contribution in [0.3, 0.4) is 0 Å². The van der Waals surface area contributed by atoms with E-state index in [1.807, 2.05) is 13.8 Å². The number of piperazine rings is 1. The summed E-state index contributed by atoms with van der Waals surface area (Å²) < 4.78 is 20.3. The van der Waals surface area contributed by atoms with Gasteiger partial charge in [0.15, 0.2) is 39.1 Å². The number of nitrogens with zero attached hydrogens (tertiary/aromatic N) is 5. The average molecular weight is 643 g/mol. The molecule has 0 aliphatic carbocycles. The van der Waals surface area contributed by atoms with Crippen molar-refractivity contribution in [2.45, 2.75) is 50.0 Å². The number of rotatable bonds is 4. The van der Waals surface area contributed by atoms with Crippen molar-refractivity contribution in [3.05, 3.63) is 27.7 Å². The SMILES string of the molecule is C=C(C)[C@H]1[C@@H]2CC[C@H](CN1c1nc(SCC)nc3c(F)c(Cl)nc(Br)c13)N2C(=O)OI. The van der Waals surface area contributed by atoms with Gasteiger partial charge in [-0.1, -0.05) is 42.4 Å². The second-order valence-corrected chi connectivity index (χ2v) is 10.3. The van der Waals surface area contributed by atoms with Crippen LogP contribution in [0.25, 0.3) is 10.9 Å². The summed E-state index contributed by atoms with van der Waals surface area (Å²) >= 11 is 12.5. The number of carbonyl (C=O) groups is 1. The van der Waals surface area contributed by atoms with Crippen molar-refractivity contribution < 1.29 is 12.3 Å². The summed E-state index contributed by atoms with van der Waals surface area (Å²) in [7, 11) is 0. The lowest BCUT2D eigenvalue weighted by Gasteiger charge is -2.47. The predicted octanol–water partition coefficient (Wildman–Crippen LogP) is 5.78. The molecule has 166 valence electrons. The van der Waals surface area contributed by atoms with Gasteiger partial charge in [-0.15, -0.1) is 0 Å². The summed E-state index contributed by atoms with van der Waals surface area (Å²) in [5.41, 5.74) is 1.00. The molecule has 12 heteroatoms. The molecule has 0 spiro atoms. The summed E-state index contributed by atoms with van der Waals surface area (Å²) in [5.74, 6) is 0.614. The minimum atomic E-state index is -0.677. The van der Waals surface area contributed by atoms with Crippen LogP contribution in [0.4, 0.5) is 15.0 Å². The highest BCUT2D eigenvalue weighted by molar-refractivity contribution is 14.1. The summed E-state index contributed by atoms with van der Waals surface area (Å²) in [5, 5.41) is 0.667. The standard InChI is InChI=1S/C19H19BrClFIN5O2S/c1-4-31-18-24-13-11(15(20)25-16(21)12(13)22)17(26-18)27-7-9-5-6-10(14(27)8(2)3)28(9)19(29)30-23/h9-10,14H,2,4-7H2,1,3H3/t9-,10+,14+/m1/s1. The normalized spacial score (nSPS) is 22.8. The molecule has 2 aliphatic heterocycles. The third-order valence-corrected chi connectivity index (χ3v) is 7.57. The maximum absolute atomic E-state index is 15.0. The molecule has 0 saturated carbocycles. The number of carbonyl (C=O) groups excluding carboxylic acids is 1. The van der Waals surface area contributed by atoms with Crippen LogP contribution in [-0.2, 0) is 3.07 Å². The van der Waals surface area contributed by atoms with Gasteiger partial charge in [0.1, 0.15) is 15.9 Å². The molecular formula is C19H19BrClFIN5O2S. The highest BCUT2D eigenvalue weighted by atomic mass is 127. The Morgan fingerprint density at radius 3 is 2.81 bits per heavy atom. The quantitative estimate of drug-likeness (QED) is 0.138. The highest BCUT2D eigenvalue weighted by Crippen LogP contribution is 2.43. The van der Waals surface area contributed by atoms with Crippen molar-refractivity contribution in [1.82, 2.24) is 19.9 Å². The van der Waals surface area contributed by atoms with Gasteiger partial charge in [-0.05, 0) is 41.4 Å². The fraction of sp³-hybridized carbons (Fsp3) is 0.474. The Hall–Kier alpha value is -0.920. The van der Waals surface area contributed by atoms with E-state index in [9.17, 15) is 9.18 Å². The van der Waals surface area contributed by atoms with Crippen molar-refractivity contribution in [2.24, 2.45) is 0 Å². The van der Waals surface area contributed by atoms with Gasteiger partial charge in [0.05, 0.1) is 23.5 Å². The molecule has 1 amide bonds.